The van der Waals surface area contributed by atoms with E-state index in [4.69, 9.17) is 0 Å². The summed E-state index contributed by atoms with van der Waals surface area (Å²) in [6, 6.07) is 7.93. The summed E-state index contributed by atoms with van der Waals surface area (Å²) < 4.78 is 0. The number of para-hydroxylation sites is 1. The SMILES string of the molecule is CCc1ccccc1NC(=O)CNCCC(C)C. The van der Waals surface area contributed by atoms with Gasteiger partial charge in [0.2, 0.25) is 5.91 Å². The van der Waals surface area contributed by atoms with Gasteiger partial charge in [-0.3, -0.25) is 4.79 Å². The second kappa shape index (κ2) is 7.88. The summed E-state index contributed by atoms with van der Waals surface area (Å²) in [7, 11) is 0. The van der Waals surface area contributed by atoms with Gasteiger partial charge in [-0.15, -0.1) is 0 Å². The van der Waals surface area contributed by atoms with Crippen LogP contribution in [-0.4, -0.2) is 19.0 Å². The number of benzene rings is 1. The summed E-state index contributed by atoms with van der Waals surface area (Å²) in [5.41, 5.74) is 2.10. The molecular formula is C15H24N2O. The maximum atomic E-state index is 11.8. The van der Waals surface area contributed by atoms with Crippen LogP contribution in [-0.2, 0) is 11.2 Å². The van der Waals surface area contributed by atoms with Crippen molar-refractivity contribution >= 4 is 11.6 Å². The van der Waals surface area contributed by atoms with Crippen molar-refractivity contribution < 1.29 is 4.79 Å². The average Bonchev–Trinajstić information content (AvgIpc) is 2.35. The number of carbonyl (C=O) groups excluding carboxylic acids is 1. The minimum Gasteiger partial charge on any atom is -0.325 e. The fourth-order valence-electron chi connectivity index (χ4n) is 1.74. The molecule has 0 aromatic heterocycles. The summed E-state index contributed by atoms with van der Waals surface area (Å²) in [5, 5.41) is 6.11. The summed E-state index contributed by atoms with van der Waals surface area (Å²) in [6.07, 6.45) is 2.02. The first-order valence-corrected chi connectivity index (χ1v) is 6.72. The molecule has 18 heavy (non-hydrogen) atoms. The minimum absolute atomic E-state index is 0.0275. The number of hydrogen-bond acceptors (Lipinski definition) is 2. The minimum atomic E-state index is 0.0275. The zero-order valence-corrected chi connectivity index (χ0v) is 11.6. The molecule has 0 fully saturated rings. The topological polar surface area (TPSA) is 41.1 Å². The highest BCUT2D eigenvalue weighted by molar-refractivity contribution is 5.92. The highest BCUT2D eigenvalue weighted by atomic mass is 16.1. The Morgan fingerprint density at radius 3 is 2.67 bits per heavy atom. The van der Waals surface area contributed by atoms with Gasteiger partial charge in [0.25, 0.3) is 0 Å². The molecule has 100 valence electrons. The lowest BCUT2D eigenvalue weighted by molar-refractivity contribution is -0.115. The Hall–Kier alpha value is -1.35. The molecule has 1 aromatic carbocycles. The molecule has 1 amide bonds. The van der Waals surface area contributed by atoms with Crippen LogP contribution in [0.3, 0.4) is 0 Å². The predicted octanol–water partition coefficient (Wildman–Crippen LogP) is 2.82. The Kier molecular flexibility index (Phi) is 6.44. The quantitative estimate of drug-likeness (QED) is 0.729. The first-order valence-electron chi connectivity index (χ1n) is 6.72. The first kappa shape index (κ1) is 14.7. The van der Waals surface area contributed by atoms with Gasteiger partial charge in [0.1, 0.15) is 0 Å². The molecule has 1 rings (SSSR count). The fourth-order valence-corrected chi connectivity index (χ4v) is 1.74. The van der Waals surface area contributed by atoms with E-state index in [1.807, 2.05) is 24.3 Å². The van der Waals surface area contributed by atoms with Crippen molar-refractivity contribution in [1.82, 2.24) is 5.32 Å². The Bertz CT molecular complexity index is 375. The Morgan fingerprint density at radius 2 is 2.00 bits per heavy atom. The van der Waals surface area contributed by atoms with E-state index in [1.54, 1.807) is 0 Å². The predicted molar refractivity (Wildman–Crippen MR) is 76.8 cm³/mol. The van der Waals surface area contributed by atoms with E-state index in [0.29, 0.717) is 12.5 Å². The summed E-state index contributed by atoms with van der Waals surface area (Å²) in [6.45, 7) is 7.72. The second-order valence-corrected chi connectivity index (χ2v) is 4.92. The van der Waals surface area contributed by atoms with Crippen LogP contribution in [0.15, 0.2) is 24.3 Å². The van der Waals surface area contributed by atoms with Crippen LogP contribution in [0, 0.1) is 5.92 Å². The van der Waals surface area contributed by atoms with Gasteiger partial charge in [-0.1, -0.05) is 39.0 Å². The second-order valence-electron chi connectivity index (χ2n) is 4.92. The molecule has 0 bridgehead atoms. The van der Waals surface area contributed by atoms with E-state index in [2.05, 4.69) is 31.4 Å². The van der Waals surface area contributed by atoms with Gasteiger partial charge in [0.05, 0.1) is 6.54 Å². The standard InChI is InChI=1S/C15H24N2O/c1-4-13-7-5-6-8-14(13)17-15(18)11-16-10-9-12(2)3/h5-8,12,16H,4,9-11H2,1-3H3,(H,17,18). The smallest absolute Gasteiger partial charge is 0.238 e. The molecule has 0 aliphatic rings. The third-order valence-electron chi connectivity index (χ3n) is 2.86. The number of hydrogen-bond donors (Lipinski definition) is 2. The van der Waals surface area contributed by atoms with Gasteiger partial charge in [-0.2, -0.15) is 0 Å². The number of aryl methyl sites for hydroxylation is 1. The Labute approximate surface area is 110 Å². The zero-order valence-electron chi connectivity index (χ0n) is 11.6. The Morgan fingerprint density at radius 1 is 1.28 bits per heavy atom. The van der Waals surface area contributed by atoms with Crippen molar-refractivity contribution in [2.75, 3.05) is 18.4 Å². The van der Waals surface area contributed by atoms with Gasteiger partial charge in [0, 0.05) is 5.69 Å². The third-order valence-corrected chi connectivity index (χ3v) is 2.86. The third kappa shape index (κ3) is 5.32. The van der Waals surface area contributed by atoms with Crippen molar-refractivity contribution in [2.24, 2.45) is 5.92 Å². The molecule has 0 saturated heterocycles. The van der Waals surface area contributed by atoms with Crippen LogP contribution in [0.4, 0.5) is 5.69 Å². The van der Waals surface area contributed by atoms with Crippen molar-refractivity contribution in [3.63, 3.8) is 0 Å². The highest BCUT2D eigenvalue weighted by Gasteiger charge is 2.04. The molecule has 0 saturated carbocycles. The molecule has 0 heterocycles. The van der Waals surface area contributed by atoms with Crippen LogP contribution < -0.4 is 10.6 Å². The number of amides is 1. The summed E-state index contributed by atoms with van der Waals surface area (Å²) >= 11 is 0. The zero-order chi connectivity index (χ0) is 13.4. The van der Waals surface area contributed by atoms with E-state index in [1.165, 1.54) is 5.56 Å². The largest absolute Gasteiger partial charge is 0.325 e. The van der Waals surface area contributed by atoms with Crippen LogP contribution in [0.2, 0.25) is 0 Å². The maximum absolute atomic E-state index is 11.8. The molecular weight excluding hydrogens is 224 g/mol. The number of carbonyl (C=O) groups is 1. The lowest BCUT2D eigenvalue weighted by atomic mass is 10.1. The molecule has 0 aliphatic carbocycles. The number of anilines is 1. The Balaban J connectivity index is 2.35. The molecule has 0 aliphatic heterocycles. The van der Waals surface area contributed by atoms with E-state index < -0.39 is 0 Å². The van der Waals surface area contributed by atoms with Crippen molar-refractivity contribution in [2.45, 2.75) is 33.6 Å². The first-order chi connectivity index (χ1) is 8.63. The summed E-state index contributed by atoms with van der Waals surface area (Å²) in [5.74, 6) is 0.695. The van der Waals surface area contributed by atoms with Gasteiger partial charge in [-0.25, -0.2) is 0 Å². The van der Waals surface area contributed by atoms with E-state index in [-0.39, 0.29) is 5.91 Å². The molecule has 3 heteroatoms. The van der Waals surface area contributed by atoms with E-state index in [9.17, 15) is 4.79 Å². The highest BCUT2D eigenvalue weighted by Crippen LogP contribution is 2.14. The van der Waals surface area contributed by atoms with Gasteiger partial charge in [-0.05, 0) is 36.9 Å². The molecule has 0 unspecified atom stereocenters. The molecule has 0 radical (unpaired) electrons. The van der Waals surface area contributed by atoms with Gasteiger partial charge >= 0.3 is 0 Å². The van der Waals surface area contributed by atoms with Gasteiger partial charge < -0.3 is 10.6 Å². The van der Waals surface area contributed by atoms with Crippen molar-refractivity contribution in [3.8, 4) is 0 Å². The van der Waals surface area contributed by atoms with E-state index in [0.717, 1.165) is 25.1 Å². The fraction of sp³-hybridized carbons (Fsp3) is 0.533. The lowest BCUT2D eigenvalue weighted by Gasteiger charge is -2.10. The monoisotopic (exact) mass is 248 g/mol. The normalized spacial score (nSPS) is 10.7. The summed E-state index contributed by atoms with van der Waals surface area (Å²) in [4.78, 5) is 11.8. The molecule has 2 N–H and O–H groups in total. The average molecular weight is 248 g/mol. The van der Waals surface area contributed by atoms with Crippen molar-refractivity contribution in [1.29, 1.82) is 0 Å². The number of nitrogens with one attached hydrogen (secondary N) is 2. The molecule has 1 aromatic rings. The van der Waals surface area contributed by atoms with E-state index >= 15 is 0 Å². The maximum Gasteiger partial charge on any atom is 0.238 e. The van der Waals surface area contributed by atoms with Gasteiger partial charge in [0.15, 0.2) is 0 Å². The molecule has 0 atom stereocenters. The lowest BCUT2D eigenvalue weighted by Crippen LogP contribution is -2.29. The molecule has 3 nitrogen and oxygen atoms in total. The van der Waals surface area contributed by atoms with Crippen LogP contribution in [0.25, 0.3) is 0 Å². The molecule has 0 spiro atoms. The van der Waals surface area contributed by atoms with Crippen LogP contribution >= 0.6 is 0 Å². The van der Waals surface area contributed by atoms with Crippen LogP contribution in [0.5, 0.6) is 0 Å². The van der Waals surface area contributed by atoms with Crippen LogP contribution in [0.1, 0.15) is 32.8 Å². The van der Waals surface area contributed by atoms with Crippen molar-refractivity contribution in [3.05, 3.63) is 29.8 Å². The number of rotatable bonds is 7.